The molecule has 1 aromatic carbocycles. The highest BCUT2D eigenvalue weighted by Crippen LogP contribution is 2.22. The molecule has 1 aromatic rings. The number of amides is 1. The van der Waals surface area contributed by atoms with E-state index in [0.29, 0.717) is 38.5 Å². The van der Waals surface area contributed by atoms with Crippen LogP contribution in [0.25, 0.3) is 0 Å². The van der Waals surface area contributed by atoms with Crippen LogP contribution in [0.4, 0.5) is 0 Å². The van der Waals surface area contributed by atoms with Gasteiger partial charge in [-0.2, -0.15) is 0 Å². The van der Waals surface area contributed by atoms with Crippen molar-refractivity contribution in [1.29, 1.82) is 0 Å². The van der Waals surface area contributed by atoms with Crippen LogP contribution >= 0.6 is 0 Å². The first kappa shape index (κ1) is 23.6. The number of aryl methyl sites for hydroxylation is 1. The van der Waals surface area contributed by atoms with E-state index in [1.165, 1.54) is 0 Å². The van der Waals surface area contributed by atoms with Gasteiger partial charge in [-0.3, -0.25) is 9.69 Å². The van der Waals surface area contributed by atoms with E-state index in [2.05, 4.69) is 9.62 Å². The Hall–Kier alpha value is -1.68. The molecule has 0 aliphatic carbocycles. The Balaban J connectivity index is 1.85. The van der Waals surface area contributed by atoms with Gasteiger partial charge in [0.05, 0.1) is 17.5 Å². The molecule has 2 rings (SSSR count). The second kappa shape index (κ2) is 10.9. The molecule has 9 heteroatoms. The Bertz CT molecular complexity index is 782. The molecule has 29 heavy (non-hydrogen) atoms. The monoisotopic (exact) mass is 427 g/mol. The third-order valence-electron chi connectivity index (χ3n) is 5.01. The molecule has 1 fully saturated rings. The number of carbonyl (C=O) groups excluding carboxylic acids is 1. The zero-order valence-electron chi connectivity index (χ0n) is 17.8. The minimum atomic E-state index is -3.59. The van der Waals surface area contributed by atoms with Crippen molar-refractivity contribution in [2.75, 3.05) is 54.1 Å². The van der Waals surface area contributed by atoms with E-state index >= 15 is 0 Å². The fourth-order valence-corrected chi connectivity index (χ4v) is 4.59. The summed E-state index contributed by atoms with van der Waals surface area (Å²) >= 11 is 0. The molecule has 0 spiro atoms. The number of nitrogens with zero attached hydrogens (tertiary/aromatic N) is 2. The second-order valence-electron chi connectivity index (χ2n) is 7.45. The van der Waals surface area contributed by atoms with Gasteiger partial charge < -0.3 is 14.4 Å². The molecule has 1 amide bonds. The Morgan fingerprint density at radius 3 is 2.72 bits per heavy atom. The van der Waals surface area contributed by atoms with Gasteiger partial charge in [0.25, 0.3) is 0 Å². The lowest BCUT2D eigenvalue weighted by molar-refractivity contribution is -0.133. The molecule has 0 radical (unpaired) electrons. The van der Waals surface area contributed by atoms with Crippen LogP contribution in [0.2, 0.25) is 0 Å². The summed E-state index contributed by atoms with van der Waals surface area (Å²) in [6.07, 6.45) is 2.50. The molecular formula is C20H33N3O5S. The largest absolute Gasteiger partial charge is 0.491 e. The molecule has 164 valence electrons. The highest BCUT2D eigenvalue weighted by Gasteiger charge is 2.31. The Morgan fingerprint density at radius 2 is 2.07 bits per heavy atom. The normalized spacial score (nSPS) is 17.4. The molecule has 1 aliphatic rings. The fourth-order valence-electron chi connectivity index (χ4n) is 3.43. The van der Waals surface area contributed by atoms with E-state index in [-0.39, 0.29) is 16.8 Å². The number of sulfonamides is 1. The number of likely N-dealkylation sites (tertiary alicyclic amines) is 1. The molecule has 1 saturated heterocycles. The molecule has 0 saturated carbocycles. The molecule has 0 bridgehead atoms. The van der Waals surface area contributed by atoms with E-state index in [1.807, 2.05) is 6.92 Å². The van der Waals surface area contributed by atoms with E-state index in [4.69, 9.17) is 9.47 Å². The number of nitrogens with one attached hydrogen (secondary N) is 1. The summed E-state index contributed by atoms with van der Waals surface area (Å²) in [5.74, 6) is 0.762. The number of likely N-dealkylation sites (N-methyl/N-ethyl adjacent to an activating group) is 1. The zero-order chi connectivity index (χ0) is 21.4. The van der Waals surface area contributed by atoms with Crippen LogP contribution in [-0.4, -0.2) is 84.2 Å². The molecule has 0 aromatic heterocycles. The maximum Gasteiger partial charge on any atom is 0.240 e. The number of ether oxygens (including phenoxy) is 2. The van der Waals surface area contributed by atoms with Crippen LogP contribution in [0.15, 0.2) is 23.1 Å². The van der Waals surface area contributed by atoms with Crippen molar-refractivity contribution in [2.45, 2.75) is 37.1 Å². The molecule has 1 atom stereocenters. The average molecular weight is 428 g/mol. The number of benzene rings is 1. The lowest BCUT2D eigenvalue weighted by atomic mass is 10.2. The summed E-state index contributed by atoms with van der Waals surface area (Å²) < 4.78 is 38.3. The van der Waals surface area contributed by atoms with Crippen molar-refractivity contribution in [3.8, 4) is 5.75 Å². The van der Waals surface area contributed by atoms with Gasteiger partial charge >= 0.3 is 0 Å². The summed E-state index contributed by atoms with van der Waals surface area (Å²) in [4.78, 5) is 16.2. The molecule has 1 heterocycles. The average Bonchev–Trinajstić information content (AvgIpc) is 3.14. The number of hydrogen-bond acceptors (Lipinski definition) is 6. The van der Waals surface area contributed by atoms with Crippen molar-refractivity contribution in [3.63, 3.8) is 0 Å². The van der Waals surface area contributed by atoms with Gasteiger partial charge in [-0.1, -0.05) is 0 Å². The van der Waals surface area contributed by atoms with E-state index in [1.54, 1.807) is 44.3 Å². The van der Waals surface area contributed by atoms with Gasteiger partial charge in [-0.25, -0.2) is 13.1 Å². The molecule has 8 nitrogen and oxygen atoms in total. The highest BCUT2D eigenvalue weighted by atomic mass is 32.2. The minimum Gasteiger partial charge on any atom is -0.491 e. The lowest BCUT2D eigenvalue weighted by Crippen LogP contribution is -2.43. The Labute approximate surface area is 174 Å². The smallest absolute Gasteiger partial charge is 0.240 e. The van der Waals surface area contributed by atoms with Crippen molar-refractivity contribution in [2.24, 2.45) is 0 Å². The van der Waals surface area contributed by atoms with Gasteiger partial charge in [0.2, 0.25) is 15.9 Å². The zero-order valence-corrected chi connectivity index (χ0v) is 18.6. The standard InChI is InChI=1S/C20H33N3O5S/c1-16-15-17(8-9-19(16)28-14-13-27-4)29(25,26)21-10-6-12-23-11-5-7-18(23)20(24)22(2)3/h8-9,15,18,21H,5-7,10-14H2,1-4H3. The van der Waals surface area contributed by atoms with Crippen LogP contribution in [-0.2, 0) is 19.6 Å². The van der Waals surface area contributed by atoms with Crippen LogP contribution < -0.4 is 9.46 Å². The molecule has 1 unspecified atom stereocenters. The quantitative estimate of drug-likeness (QED) is 0.535. The topological polar surface area (TPSA) is 88.2 Å². The number of methoxy groups -OCH3 is 1. The maximum absolute atomic E-state index is 12.6. The predicted molar refractivity (Wildman–Crippen MR) is 112 cm³/mol. The summed E-state index contributed by atoms with van der Waals surface area (Å²) in [5, 5.41) is 0. The maximum atomic E-state index is 12.6. The van der Waals surface area contributed by atoms with Crippen LogP contribution in [0, 0.1) is 6.92 Å². The van der Waals surface area contributed by atoms with Crippen LogP contribution in [0.3, 0.4) is 0 Å². The molecule has 1 N–H and O–H groups in total. The van der Waals surface area contributed by atoms with Gasteiger partial charge in [0, 0.05) is 34.3 Å². The van der Waals surface area contributed by atoms with Gasteiger partial charge in [-0.05, 0) is 56.5 Å². The molecular weight excluding hydrogens is 394 g/mol. The number of carbonyl (C=O) groups is 1. The number of rotatable bonds is 11. The van der Waals surface area contributed by atoms with E-state index in [0.717, 1.165) is 24.9 Å². The first-order valence-electron chi connectivity index (χ1n) is 9.93. The molecule has 1 aliphatic heterocycles. The van der Waals surface area contributed by atoms with Gasteiger partial charge in [0.1, 0.15) is 12.4 Å². The first-order chi connectivity index (χ1) is 13.8. The summed E-state index contributed by atoms with van der Waals surface area (Å²) in [6.45, 7) is 4.59. The van der Waals surface area contributed by atoms with Crippen molar-refractivity contribution in [1.82, 2.24) is 14.5 Å². The van der Waals surface area contributed by atoms with Crippen molar-refractivity contribution < 1.29 is 22.7 Å². The highest BCUT2D eigenvalue weighted by molar-refractivity contribution is 7.89. The summed E-state index contributed by atoms with van der Waals surface area (Å²) in [7, 11) is 1.54. The Morgan fingerprint density at radius 1 is 1.31 bits per heavy atom. The minimum absolute atomic E-state index is 0.0880. The van der Waals surface area contributed by atoms with E-state index < -0.39 is 10.0 Å². The number of hydrogen-bond donors (Lipinski definition) is 1. The predicted octanol–water partition coefficient (Wildman–Crippen LogP) is 1.24. The second-order valence-corrected chi connectivity index (χ2v) is 9.21. The third kappa shape index (κ3) is 6.67. The van der Waals surface area contributed by atoms with Crippen molar-refractivity contribution in [3.05, 3.63) is 23.8 Å². The van der Waals surface area contributed by atoms with Crippen molar-refractivity contribution >= 4 is 15.9 Å². The third-order valence-corrected chi connectivity index (χ3v) is 6.46. The van der Waals surface area contributed by atoms with E-state index in [9.17, 15) is 13.2 Å². The summed E-state index contributed by atoms with van der Waals surface area (Å²) in [5.41, 5.74) is 0.756. The van der Waals surface area contributed by atoms with Crippen LogP contribution in [0.1, 0.15) is 24.8 Å². The summed E-state index contributed by atoms with van der Waals surface area (Å²) in [6, 6.07) is 4.73. The first-order valence-corrected chi connectivity index (χ1v) is 11.4. The fraction of sp³-hybridized carbons (Fsp3) is 0.650. The van der Waals surface area contributed by atoms with Crippen LogP contribution in [0.5, 0.6) is 5.75 Å². The Kier molecular flexibility index (Phi) is 8.88. The SMILES string of the molecule is COCCOc1ccc(S(=O)(=O)NCCCN2CCCC2C(=O)N(C)C)cc1C. The van der Waals surface area contributed by atoms with Gasteiger partial charge in [0.15, 0.2) is 0 Å². The van der Waals surface area contributed by atoms with Gasteiger partial charge in [-0.15, -0.1) is 0 Å². The lowest BCUT2D eigenvalue weighted by Gasteiger charge is -2.26.